The van der Waals surface area contributed by atoms with Crippen LogP contribution in [0.4, 0.5) is 0 Å². The second kappa shape index (κ2) is 8.94. The van der Waals surface area contributed by atoms with Gasteiger partial charge in [0, 0.05) is 39.8 Å². The van der Waals surface area contributed by atoms with Crippen LogP contribution in [-0.2, 0) is 4.79 Å². The molecule has 0 aliphatic carbocycles. The Balaban J connectivity index is 2.65. The smallest absolute Gasteiger partial charge is 0.243 e. The first-order valence-corrected chi connectivity index (χ1v) is 7.12. The van der Waals surface area contributed by atoms with Crippen LogP contribution in [0.15, 0.2) is 34.5 Å². The van der Waals surface area contributed by atoms with Gasteiger partial charge in [-0.3, -0.25) is 9.79 Å². The summed E-state index contributed by atoms with van der Waals surface area (Å²) in [6, 6.07) is 0. The molecule has 0 spiro atoms. The van der Waals surface area contributed by atoms with Crippen molar-refractivity contribution in [3.05, 3.63) is 24.6 Å². The lowest BCUT2D eigenvalue weighted by Gasteiger charge is -2.34. The van der Waals surface area contributed by atoms with Gasteiger partial charge in [-0.1, -0.05) is 6.58 Å². The summed E-state index contributed by atoms with van der Waals surface area (Å²) in [6.45, 7) is 9.48. The van der Waals surface area contributed by atoms with E-state index in [0.29, 0.717) is 18.3 Å². The molecule has 0 aromatic carbocycles. The van der Waals surface area contributed by atoms with E-state index >= 15 is 0 Å². The minimum Gasteiger partial charge on any atom is -0.373 e. The number of rotatable bonds is 6. The summed E-state index contributed by atoms with van der Waals surface area (Å²) in [5, 5.41) is 5.83. The number of amidine groups is 1. The lowest BCUT2D eigenvalue weighted by atomic mass is 9.97. The van der Waals surface area contributed by atoms with Crippen LogP contribution < -0.4 is 10.6 Å². The number of nitrogens with one attached hydrogen (secondary N) is 2. The number of hydrogen-bond acceptors (Lipinski definition) is 4. The van der Waals surface area contributed by atoms with Crippen molar-refractivity contribution in [3.63, 3.8) is 0 Å². The fourth-order valence-corrected chi connectivity index (χ4v) is 2.37. The van der Waals surface area contributed by atoms with Crippen LogP contribution in [0, 0.1) is 5.92 Å². The summed E-state index contributed by atoms with van der Waals surface area (Å²) in [7, 11) is 3.57. The molecule has 1 saturated heterocycles. The first kappa shape index (κ1) is 16.9. The maximum atomic E-state index is 11.2. The molecule has 6 nitrogen and oxygen atoms in total. The molecule has 1 amide bonds. The fourth-order valence-electron chi connectivity index (χ4n) is 2.37. The van der Waals surface area contributed by atoms with Gasteiger partial charge >= 0.3 is 0 Å². The molecule has 6 heteroatoms. The lowest BCUT2D eigenvalue weighted by Crippen LogP contribution is -2.43. The molecular formula is C15H25N5O. The molecule has 1 aliphatic heterocycles. The van der Waals surface area contributed by atoms with E-state index in [1.165, 1.54) is 6.08 Å². The van der Waals surface area contributed by atoms with E-state index in [2.05, 4.69) is 38.8 Å². The van der Waals surface area contributed by atoms with E-state index in [0.717, 1.165) is 31.8 Å². The van der Waals surface area contributed by atoms with Crippen molar-refractivity contribution in [1.29, 1.82) is 0 Å². The largest absolute Gasteiger partial charge is 0.373 e. The lowest BCUT2D eigenvalue weighted by molar-refractivity contribution is -0.116. The van der Waals surface area contributed by atoms with Crippen LogP contribution in [-0.4, -0.2) is 57.1 Å². The normalized spacial score (nSPS) is 19.9. The van der Waals surface area contributed by atoms with Gasteiger partial charge in [0.15, 0.2) is 0 Å². The highest BCUT2D eigenvalue weighted by Gasteiger charge is 2.21. The van der Waals surface area contributed by atoms with Crippen LogP contribution in [0.2, 0.25) is 0 Å². The van der Waals surface area contributed by atoms with Gasteiger partial charge in [0.1, 0.15) is 11.7 Å². The maximum Gasteiger partial charge on any atom is 0.243 e. The Morgan fingerprint density at radius 1 is 1.52 bits per heavy atom. The van der Waals surface area contributed by atoms with Crippen molar-refractivity contribution in [2.75, 3.05) is 33.7 Å². The van der Waals surface area contributed by atoms with Crippen LogP contribution in [0.3, 0.4) is 0 Å². The van der Waals surface area contributed by atoms with Crippen molar-refractivity contribution in [1.82, 2.24) is 15.5 Å². The third-order valence-electron chi connectivity index (χ3n) is 3.51. The monoisotopic (exact) mass is 291 g/mol. The van der Waals surface area contributed by atoms with Gasteiger partial charge in [0.05, 0.1) is 0 Å². The Morgan fingerprint density at radius 2 is 2.29 bits per heavy atom. The first-order chi connectivity index (χ1) is 10.1. The predicted molar refractivity (Wildman–Crippen MR) is 87.6 cm³/mol. The fraction of sp³-hybridized carbons (Fsp3) is 0.533. The van der Waals surface area contributed by atoms with Gasteiger partial charge in [0.25, 0.3) is 0 Å². The van der Waals surface area contributed by atoms with E-state index < -0.39 is 0 Å². The summed E-state index contributed by atoms with van der Waals surface area (Å²) in [4.78, 5) is 21.7. The molecule has 2 N–H and O–H groups in total. The average Bonchev–Trinajstić information content (AvgIpc) is 2.54. The molecule has 0 aromatic heterocycles. The van der Waals surface area contributed by atoms with Crippen LogP contribution in [0.25, 0.3) is 0 Å². The number of carbonyl (C=O) groups is 1. The molecule has 21 heavy (non-hydrogen) atoms. The van der Waals surface area contributed by atoms with E-state index in [-0.39, 0.29) is 5.91 Å². The van der Waals surface area contributed by atoms with Crippen molar-refractivity contribution in [2.45, 2.75) is 12.8 Å². The van der Waals surface area contributed by atoms with Crippen LogP contribution in [0.1, 0.15) is 12.8 Å². The minimum absolute atomic E-state index is 0.121. The molecule has 1 aliphatic rings. The zero-order valence-corrected chi connectivity index (χ0v) is 12.9. The molecule has 0 aromatic rings. The number of amides is 1. The Hall–Kier alpha value is -2.11. The second-order valence-corrected chi connectivity index (χ2v) is 4.92. The summed E-state index contributed by atoms with van der Waals surface area (Å²) in [5.74, 6) is 1.87. The van der Waals surface area contributed by atoms with Gasteiger partial charge in [-0.25, -0.2) is 4.99 Å². The van der Waals surface area contributed by atoms with Crippen molar-refractivity contribution < 1.29 is 4.79 Å². The van der Waals surface area contributed by atoms with Crippen molar-refractivity contribution in [3.8, 4) is 0 Å². The molecular weight excluding hydrogens is 266 g/mol. The second-order valence-electron chi connectivity index (χ2n) is 4.92. The van der Waals surface area contributed by atoms with Gasteiger partial charge in [-0.15, -0.1) is 0 Å². The number of aliphatic imine (C=N–C) groups is 2. The maximum absolute atomic E-state index is 11.2. The van der Waals surface area contributed by atoms with Gasteiger partial charge < -0.3 is 15.5 Å². The molecule has 0 saturated carbocycles. The van der Waals surface area contributed by atoms with Crippen molar-refractivity contribution in [2.24, 2.45) is 15.9 Å². The summed E-state index contributed by atoms with van der Waals surface area (Å²) < 4.78 is 0. The summed E-state index contributed by atoms with van der Waals surface area (Å²) in [5.41, 5.74) is 0. The van der Waals surface area contributed by atoms with Crippen molar-refractivity contribution >= 4 is 18.5 Å². The molecule has 116 valence electrons. The predicted octanol–water partition coefficient (Wildman–Crippen LogP) is 0.790. The topological polar surface area (TPSA) is 69.1 Å². The third kappa shape index (κ3) is 5.41. The highest BCUT2D eigenvalue weighted by atomic mass is 16.1. The van der Waals surface area contributed by atoms with Gasteiger partial charge in [0.2, 0.25) is 5.91 Å². The molecule has 0 radical (unpaired) electrons. The van der Waals surface area contributed by atoms with Gasteiger partial charge in [-0.05, 0) is 31.6 Å². The van der Waals surface area contributed by atoms with Crippen LogP contribution in [0.5, 0.6) is 0 Å². The van der Waals surface area contributed by atoms with Gasteiger partial charge in [-0.2, -0.15) is 0 Å². The standard InChI is InChI=1S/C15H25N5O/c1-5-15(21)19-10-12-7-6-8-20(11-12)14(18-4)9-13(16-2)17-3/h5,9,12,17H,1-2,6-8,10-11H2,3-4H3,(H,19,21)/b13-9+,18-14?. The first-order valence-electron chi connectivity index (χ1n) is 7.12. The Kier molecular flexibility index (Phi) is 7.21. The molecule has 0 bridgehead atoms. The van der Waals surface area contributed by atoms with E-state index in [4.69, 9.17) is 0 Å². The zero-order valence-electron chi connectivity index (χ0n) is 12.9. The Labute approximate surface area is 126 Å². The van der Waals surface area contributed by atoms with Crippen LogP contribution >= 0.6 is 0 Å². The quantitative estimate of drug-likeness (QED) is 0.432. The Bertz CT molecular complexity index is 441. The van der Waals surface area contributed by atoms with E-state index in [1.807, 2.05) is 6.08 Å². The average molecular weight is 291 g/mol. The highest BCUT2D eigenvalue weighted by Crippen LogP contribution is 2.17. The Morgan fingerprint density at radius 3 is 2.86 bits per heavy atom. The number of carbonyl (C=O) groups excluding carboxylic acids is 1. The SMILES string of the molecule is C=CC(=O)NCC1CCCN(C(/C=C(\N=C)NC)=NC)C1. The molecule has 1 atom stereocenters. The van der Waals surface area contributed by atoms with E-state index in [1.54, 1.807) is 14.1 Å². The number of piperidine rings is 1. The molecule has 1 unspecified atom stereocenters. The number of likely N-dealkylation sites (tertiary alicyclic amines) is 1. The zero-order chi connectivity index (χ0) is 15.7. The minimum atomic E-state index is -0.121. The third-order valence-corrected chi connectivity index (χ3v) is 3.51. The summed E-state index contributed by atoms with van der Waals surface area (Å²) in [6.07, 6.45) is 5.38. The number of nitrogens with zero attached hydrogens (tertiary/aromatic N) is 3. The highest BCUT2D eigenvalue weighted by molar-refractivity contribution is 5.93. The molecule has 1 heterocycles. The molecule has 1 rings (SSSR count). The molecule has 1 fully saturated rings. The summed E-state index contributed by atoms with van der Waals surface area (Å²) >= 11 is 0. The number of hydrogen-bond donors (Lipinski definition) is 2. The van der Waals surface area contributed by atoms with E-state index in [9.17, 15) is 4.79 Å².